The molecule has 0 saturated heterocycles. The molecule has 0 aliphatic heterocycles. The van der Waals surface area contributed by atoms with E-state index in [1.165, 1.54) is 24.3 Å². The number of esters is 2. The zero-order valence-electron chi connectivity index (χ0n) is 19.3. The van der Waals surface area contributed by atoms with Gasteiger partial charge in [-0.25, -0.2) is 9.59 Å². The zero-order chi connectivity index (χ0) is 24.4. The number of carbonyl (C=O) groups excluding carboxylic acids is 3. The number of hydrogen-bond donors (Lipinski definition) is 1. The number of ether oxygens (including phenoxy) is 3. The second-order valence-electron chi connectivity index (χ2n) is 9.02. The van der Waals surface area contributed by atoms with Gasteiger partial charge < -0.3 is 19.5 Å². The number of hydrogen-bond acceptors (Lipinski definition) is 8. The standard InChI is InChI=1S/C23H32N2O8/c1-23(2,3)33-22(28)24-19(13-14-20(26)32-18-7-5-4-6-8-18)21(27)31-15-16-9-11-17(12-10-16)25(29)30/h9-12,18-19H,4-8,13-15H2,1-3H3,(H,24,28)/t19-/m0/s1. The molecular weight excluding hydrogens is 432 g/mol. The Bertz CT molecular complexity index is 826. The SMILES string of the molecule is CC(C)(C)OC(=O)N[C@@H](CCC(=O)OC1CCCCC1)C(=O)OCc1ccc([N+](=O)[O-])cc1. The summed E-state index contributed by atoms with van der Waals surface area (Å²) < 4.78 is 16.0. The third kappa shape index (κ3) is 9.88. The lowest BCUT2D eigenvalue weighted by molar-refractivity contribution is -0.384. The first-order valence-corrected chi connectivity index (χ1v) is 11.1. The second kappa shape index (κ2) is 12.2. The number of rotatable bonds is 9. The molecule has 0 spiro atoms. The number of amides is 1. The first kappa shape index (κ1) is 26.1. The molecule has 1 fully saturated rings. The van der Waals surface area contributed by atoms with Crippen molar-refractivity contribution in [2.75, 3.05) is 0 Å². The monoisotopic (exact) mass is 464 g/mol. The van der Waals surface area contributed by atoms with Gasteiger partial charge in [-0.2, -0.15) is 0 Å². The van der Waals surface area contributed by atoms with Gasteiger partial charge in [0.15, 0.2) is 0 Å². The lowest BCUT2D eigenvalue weighted by Crippen LogP contribution is -2.44. The van der Waals surface area contributed by atoms with E-state index in [1.54, 1.807) is 20.8 Å². The van der Waals surface area contributed by atoms with Crippen LogP contribution in [0.1, 0.15) is 71.3 Å². The minimum absolute atomic E-state index is 0.0100. The highest BCUT2D eigenvalue weighted by atomic mass is 16.6. The van der Waals surface area contributed by atoms with E-state index >= 15 is 0 Å². The summed E-state index contributed by atoms with van der Waals surface area (Å²) in [5, 5.41) is 13.2. The van der Waals surface area contributed by atoms with E-state index in [1.807, 2.05) is 0 Å². The molecule has 1 aromatic carbocycles. The highest BCUT2D eigenvalue weighted by Gasteiger charge is 2.27. The first-order chi connectivity index (χ1) is 15.5. The molecule has 1 aliphatic carbocycles. The minimum atomic E-state index is -1.11. The van der Waals surface area contributed by atoms with E-state index in [4.69, 9.17) is 14.2 Å². The van der Waals surface area contributed by atoms with Crippen LogP contribution in [0.3, 0.4) is 0 Å². The van der Waals surface area contributed by atoms with Gasteiger partial charge in [-0.05, 0) is 70.6 Å². The van der Waals surface area contributed by atoms with Crippen LogP contribution < -0.4 is 5.32 Å². The van der Waals surface area contributed by atoms with E-state index in [2.05, 4.69) is 5.32 Å². The summed E-state index contributed by atoms with van der Waals surface area (Å²) in [7, 11) is 0. The molecule has 0 radical (unpaired) electrons. The fraction of sp³-hybridized carbons (Fsp3) is 0.609. The molecule has 1 amide bonds. The number of nitro groups is 1. The van der Waals surface area contributed by atoms with Crippen molar-refractivity contribution in [3.05, 3.63) is 39.9 Å². The van der Waals surface area contributed by atoms with Crippen molar-refractivity contribution >= 4 is 23.7 Å². The van der Waals surface area contributed by atoms with Crippen LogP contribution in [0.2, 0.25) is 0 Å². The summed E-state index contributed by atoms with van der Waals surface area (Å²) in [6.07, 6.45) is 3.87. The Balaban J connectivity index is 1.94. The number of non-ortho nitro benzene ring substituents is 1. The summed E-state index contributed by atoms with van der Waals surface area (Å²) in [6, 6.07) is 4.45. The van der Waals surface area contributed by atoms with Crippen LogP contribution in [0, 0.1) is 10.1 Å². The Morgan fingerprint density at radius 3 is 2.33 bits per heavy atom. The molecule has 1 aromatic rings. The van der Waals surface area contributed by atoms with Crippen LogP contribution in [-0.4, -0.2) is 40.7 Å². The Labute approximate surface area is 193 Å². The van der Waals surface area contributed by atoms with E-state index in [9.17, 15) is 24.5 Å². The molecule has 0 unspecified atom stereocenters. The molecule has 1 atom stereocenters. The van der Waals surface area contributed by atoms with E-state index < -0.39 is 34.6 Å². The Morgan fingerprint density at radius 2 is 1.76 bits per heavy atom. The second-order valence-corrected chi connectivity index (χ2v) is 9.02. The van der Waals surface area contributed by atoms with Gasteiger partial charge in [0.25, 0.3) is 5.69 Å². The van der Waals surface area contributed by atoms with Crippen molar-refractivity contribution in [2.24, 2.45) is 0 Å². The van der Waals surface area contributed by atoms with Gasteiger partial charge in [-0.1, -0.05) is 6.42 Å². The molecule has 10 nitrogen and oxygen atoms in total. The molecule has 2 rings (SSSR count). The third-order valence-electron chi connectivity index (χ3n) is 4.99. The molecule has 10 heteroatoms. The summed E-state index contributed by atoms with van der Waals surface area (Å²) >= 11 is 0. The predicted octanol–water partition coefficient (Wildman–Crippen LogP) is 4.19. The van der Waals surface area contributed by atoms with E-state index in [0.717, 1.165) is 32.1 Å². The molecule has 0 heterocycles. The molecule has 1 saturated carbocycles. The normalized spacial score (nSPS) is 15.2. The summed E-state index contributed by atoms with van der Waals surface area (Å²) in [5.41, 5.74) is -0.301. The summed E-state index contributed by atoms with van der Waals surface area (Å²) in [6.45, 7) is 4.93. The van der Waals surface area contributed by atoms with Crippen molar-refractivity contribution in [2.45, 2.75) is 90.1 Å². The molecular formula is C23H32N2O8. The van der Waals surface area contributed by atoms with E-state index in [0.29, 0.717) is 5.56 Å². The highest BCUT2D eigenvalue weighted by Crippen LogP contribution is 2.21. The van der Waals surface area contributed by atoms with Crippen molar-refractivity contribution in [1.82, 2.24) is 5.32 Å². The fourth-order valence-electron chi connectivity index (χ4n) is 3.36. The average Bonchev–Trinajstić information content (AvgIpc) is 2.74. The van der Waals surface area contributed by atoms with Crippen LogP contribution >= 0.6 is 0 Å². The van der Waals surface area contributed by atoms with E-state index in [-0.39, 0.29) is 31.2 Å². The maximum Gasteiger partial charge on any atom is 0.408 e. The van der Waals surface area contributed by atoms with Crippen LogP contribution in [0.5, 0.6) is 0 Å². The van der Waals surface area contributed by atoms with Crippen molar-refractivity contribution in [3.63, 3.8) is 0 Å². The topological polar surface area (TPSA) is 134 Å². The molecule has 33 heavy (non-hydrogen) atoms. The number of benzene rings is 1. The highest BCUT2D eigenvalue weighted by molar-refractivity contribution is 5.82. The molecule has 1 N–H and O–H groups in total. The number of carbonyl (C=O) groups is 3. The first-order valence-electron chi connectivity index (χ1n) is 11.1. The van der Waals surface area contributed by atoms with Gasteiger partial charge in [0, 0.05) is 18.6 Å². The number of nitrogens with zero attached hydrogens (tertiary/aromatic N) is 1. The lowest BCUT2D eigenvalue weighted by atomic mass is 9.98. The Hall–Kier alpha value is -3.17. The molecule has 0 bridgehead atoms. The van der Waals surface area contributed by atoms with Crippen LogP contribution in [-0.2, 0) is 30.4 Å². The quantitative estimate of drug-likeness (QED) is 0.249. The van der Waals surface area contributed by atoms with Crippen molar-refractivity contribution in [1.29, 1.82) is 0 Å². The summed E-state index contributed by atoms with van der Waals surface area (Å²) in [5.74, 6) is -1.18. The molecule has 1 aliphatic rings. The Kier molecular flexibility index (Phi) is 9.62. The predicted molar refractivity (Wildman–Crippen MR) is 118 cm³/mol. The van der Waals surface area contributed by atoms with Crippen LogP contribution in [0.15, 0.2) is 24.3 Å². The van der Waals surface area contributed by atoms with Gasteiger partial charge in [-0.15, -0.1) is 0 Å². The number of nitrogens with one attached hydrogen (secondary N) is 1. The van der Waals surface area contributed by atoms with Gasteiger partial charge >= 0.3 is 18.0 Å². The molecule has 0 aromatic heterocycles. The smallest absolute Gasteiger partial charge is 0.408 e. The average molecular weight is 465 g/mol. The van der Waals surface area contributed by atoms with Crippen LogP contribution in [0.4, 0.5) is 10.5 Å². The number of alkyl carbamates (subject to hydrolysis) is 1. The maximum absolute atomic E-state index is 12.6. The lowest BCUT2D eigenvalue weighted by Gasteiger charge is -2.24. The number of nitro benzene ring substituents is 1. The Morgan fingerprint density at radius 1 is 1.12 bits per heavy atom. The van der Waals surface area contributed by atoms with Crippen molar-refractivity contribution < 1.29 is 33.5 Å². The van der Waals surface area contributed by atoms with Gasteiger partial charge in [0.2, 0.25) is 0 Å². The van der Waals surface area contributed by atoms with Gasteiger partial charge in [0.05, 0.1) is 4.92 Å². The summed E-state index contributed by atoms with van der Waals surface area (Å²) in [4.78, 5) is 47.3. The van der Waals surface area contributed by atoms with Crippen molar-refractivity contribution in [3.8, 4) is 0 Å². The van der Waals surface area contributed by atoms with Gasteiger partial charge in [0.1, 0.15) is 24.4 Å². The van der Waals surface area contributed by atoms with Gasteiger partial charge in [-0.3, -0.25) is 14.9 Å². The maximum atomic E-state index is 12.6. The minimum Gasteiger partial charge on any atom is -0.462 e. The van der Waals surface area contributed by atoms with Crippen LogP contribution in [0.25, 0.3) is 0 Å². The zero-order valence-corrected chi connectivity index (χ0v) is 19.3. The fourth-order valence-corrected chi connectivity index (χ4v) is 3.36. The third-order valence-corrected chi connectivity index (χ3v) is 4.99. The largest absolute Gasteiger partial charge is 0.462 e. The molecule has 182 valence electrons.